The van der Waals surface area contributed by atoms with Crippen LogP contribution in [0.2, 0.25) is 0 Å². The van der Waals surface area contributed by atoms with Gasteiger partial charge in [-0.05, 0) is 24.3 Å². The summed E-state index contributed by atoms with van der Waals surface area (Å²) in [5.74, 6) is -1.62. The lowest BCUT2D eigenvalue weighted by Gasteiger charge is -2.15. The Balaban J connectivity index is 1.94. The van der Waals surface area contributed by atoms with Crippen LogP contribution < -0.4 is 5.32 Å². The molecule has 0 aromatic heterocycles. The predicted octanol–water partition coefficient (Wildman–Crippen LogP) is 2.05. The van der Waals surface area contributed by atoms with Crippen molar-refractivity contribution >= 4 is 11.9 Å². The summed E-state index contributed by atoms with van der Waals surface area (Å²) in [5, 5.41) is 12.0. The smallest absolute Gasteiger partial charge is 0.307 e. The van der Waals surface area contributed by atoms with Gasteiger partial charge in [0, 0.05) is 6.54 Å². The largest absolute Gasteiger partial charge is 0.481 e. The van der Waals surface area contributed by atoms with Gasteiger partial charge in [0.25, 0.3) is 0 Å². The molecule has 4 heteroatoms. The number of rotatable bonds is 4. The van der Waals surface area contributed by atoms with Gasteiger partial charge < -0.3 is 10.4 Å². The maximum atomic E-state index is 12.1. The number of amides is 1. The topological polar surface area (TPSA) is 66.4 Å². The van der Waals surface area contributed by atoms with Crippen molar-refractivity contribution in [1.29, 1.82) is 0 Å². The maximum absolute atomic E-state index is 12.1. The van der Waals surface area contributed by atoms with Gasteiger partial charge in [0.1, 0.15) is 0 Å². The van der Waals surface area contributed by atoms with E-state index in [0.29, 0.717) is 25.3 Å². The Bertz CT molecular complexity index is 458. The van der Waals surface area contributed by atoms with Crippen LogP contribution in [0.15, 0.2) is 30.3 Å². The highest BCUT2D eigenvalue weighted by Crippen LogP contribution is 2.36. The molecule has 0 spiro atoms. The molecule has 102 valence electrons. The molecule has 1 aliphatic carbocycles. The highest BCUT2D eigenvalue weighted by molar-refractivity contribution is 5.85. The molecule has 1 unspecified atom stereocenters. The Hall–Kier alpha value is -1.84. The summed E-state index contributed by atoms with van der Waals surface area (Å²) >= 11 is 0. The molecule has 1 amide bonds. The second kappa shape index (κ2) is 5.87. The number of aliphatic carboxylic acids is 1. The molecule has 0 radical (unpaired) electrons. The minimum Gasteiger partial charge on any atom is -0.481 e. The fourth-order valence-electron chi connectivity index (χ4n) is 2.77. The lowest BCUT2D eigenvalue weighted by molar-refractivity contribution is -0.146. The third kappa shape index (κ3) is 3.34. The number of nitrogens with one attached hydrogen (secondary N) is 1. The quantitative estimate of drug-likeness (QED) is 0.871. The molecule has 1 saturated carbocycles. The van der Waals surface area contributed by atoms with E-state index < -0.39 is 17.8 Å². The van der Waals surface area contributed by atoms with Crippen LogP contribution in [-0.4, -0.2) is 17.0 Å². The van der Waals surface area contributed by atoms with E-state index in [-0.39, 0.29) is 5.91 Å². The van der Waals surface area contributed by atoms with E-state index in [2.05, 4.69) is 5.32 Å². The summed E-state index contributed by atoms with van der Waals surface area (Å²) < 4.78 is 0. The zero-order valence-electron chi connectivity index (χ0n) is 11.0. The summed E-state index contributed by atoms with van der Waals surface area (Å²) in [6, 6.07) is 9.63. The van der Waals surface area contributed by atoms with Crippen molar-refractivity contribution in [2.75, 3.05) is 0 Å². The first kappa shape index (κ1) is 13.6. The Kier molecular flexibility index (Phi) is 4.20. The second-order valence-electron chi connectivity index (χ2n) is 5.33. The van der Waals surface area contributed by atoms with Gasteiger partial charge in [-0.1, -0.05) is 37.3 Å². The molecule has 1 aliphatic rings. The van der Waals surface area contributed by atoms with E-state index in [4.69, 9.17) is 5.11 Å². The molecule has 1 fully saturated rings. The van der Waals surface area contributed by atoms with Crippen molar-refractivity contribution in [2.45, 2.75) is 26.3 Å². The monoisotopic (exact) mass is 261 g/mol. The number of hydrogen-bond acceptors (Lipinski definition) is 2. The van der Waals surface area contributed by atoms with Crippen LogP contribution in [0.1, 0.15) is 25.3 Å². The molecule has 0 heterocycles. The van der Waals surface area contributed by atoms with Gasteiger partial charge in [0.2, 0.25) is 5.91 Å². The molecule has 0 aliphatic heterocycles. The van der Waals surface area contributed by atoms with Crippen molar-refractivity contribution < 1.29 is 14.7 Å². The molecule has 0 bridgehead atoms. The third-order valence-electron chi connectivity index (χ3n) is 3.76. The first-order valence-corrected chi connectivity index (χ1v) is 6.62. The first-order valence-electron chi connectivity index (χ1n) is 6.62. The van der Waals surface area contributed by atoms with Crippen LogP contribution in [0.4, 0.5) is 0 Å². The number of carboxylic acid groups (broad SMARTS) is 1. The molecule has 2 N–H and O–H groups in total. The van der Waals surface area contributed by atoms with Gasteiger partial charge in [-0.2, -0.15) is 0 Å². The summed E-state index contributed by atoms with van der Waals surface area (Å²) in [7, 11) is 0. The molecular formula is C15H19NO3. The summed E-state index contributed by atoms with van der Waals surface area (Å²) in [6.07, 6.45) is 1.26. The SMILES string of the molecule is CC1C[C@H](C(=O)NCc2ccccc2)[C@H](C(=O)O)C1. The second-order valence-corrected chi connectivity index (χ2v) is 5.33. The van der Waals surface area contributed by atoms with Crippen molar-refractivity contribution in [1.82, 2.24) is 5.32 Å². The molecule has 0 saturated heterocycles. The fourth-order valence-corrected chi connectivity index (χ4v) is 2.77. The van der Waals surface area contributed by atoms with Gasteiger partial charge in [-0.3, -0.25) is 9.59 Å². The van der Waals surface area contributed by atoms with Gasteiger partial charge in [-0.25, -0.2) is 0 Å². The van der Waals surface area contributed by atoms with Gasteiger partial charge in [0.15, 0.2) is 0 Å². The van der Waals surface area contributed by atoms with E-state index in [9.17, 15) is 9.59 Å². The molecule has 19 heavy (non-hydrogen) atoms. The number of benzene rings is 1. The average Bonchev–Trinajstić information content (AvgIpc) is 2.79. The average molecular weight is 261 g/mol. The Morgan fingerprint density at radius 3 is 2.47 bits per heavy atom. The minimum atomic E-state index is -0.857. The molecule has 4 nitrogen and oxygen atoms in total. The van der Waals surface area contributed by atoms with Crippen molar-refractivity contribution in [3.63, 3.8) is 0 Å². The number of carboxylic acids is 1. The summed E-state index contributed by atoms with van der Waals surface area (Å²) in [4.78, 5) is 23.3. The summed E-state index contributed by atoms with van der Waals surface area (Å²) in [5.41, 5.74) is 1.02. The Morgan fingerprint density at radius 2 is 1.84 bits per heavy atom. The highest BCUT2D eigenvalue weighted by Gasteiger charge is 2.40. The Morgan fingerprint density at radius 1 is 1.21 bits per heavy atom. The maximum Gasteiger partial charge on any atom is 0.307 e. The minimum absolute atomic E-state index is 0.138. The zero-order chi connectivity index (χ0) is 13.8. The Labute approximate surface area is 112 Å². The number of hydrogen-bond donors (Lipinski definition) is 2. The van der Waals surface area contributed by atoms with E-state index in [0.717, 1.165) is 5.56 Å². The van der Waals surface area contributed by atoms with Crippen LogP contribution in [0, 0.1) is 17.8 Å². The number of carbonyl (C=O) groups excluding carboxylic acids is 1. The molecular weight excluding hydrogens is 242 g/mol. The molecule has 2 rings (SSSR count). The van der Waals surface area contributed by atoms with Gasteiger partial charge in [0.05, 0.1) is 11.8 Å². The zero-order valence-corrected chi connectivity index (χ0v) is 11.0. The van der Waals surface area contributed by atoms with Crippen LogP contribution >= 0.6 is 0 Å². The molecule has 3 atom stereocenters. The van der Waals surface area contributed by atoms with Gasteiger partial charge in [-0.15, -0.1) is 0 Å². The lowest BCUT2D eigenvalue weighted by atomic mass is 9.95. The third-order valence-corrected chi connectivity index (χ3v) is 3.76. The molecule has 1 aromatic rings. The summed E-state index contributed by atoms with van der Waals surface area (Å²) in [6.45, 7) is 2.46. The fraction of sp³-hybridized carbons (Fsp3) is 0.467. The van der Waals surface area contributed by atoms with E-state index in [1.165, 1.54) is 0 Å². The van der Waals surface area contributed by atoms with E-state index >= 15 is 0 Å². The van der Waals surface area contributed by atoms with E-state index in [1.807, 2.05) is 37.3 Å². The van der Waals surface area contributed by atoms with E-state index in [1.54, 1.807) is 0 Å². The molecule has 1 aromatic carbocycles. The van der Waals surface area contributed by atoms with Crippen LogP contribution in [-0.2, 0) is 16.1 Å². The van der Waals surface area contributed by atoms with Crippen molar-refractivity contribution in [3.8, 4) is 0 Å². The predicted molar refractivity (Wildman–Crippen MR) is 71.3 cm³/mol. The van der Waals surface area contributed by atoms with Crippen molar-refractivity contribution in [3.05, 3.63) is 35.9 Å². The van der Waals surface area contributed by atoms with Crippen LogP contribution in [0.5, 0.6) is 0 Å². The van der Waals surface area contributed by atoms with Crippen LogP contribution in [0.3, 0.4) is 0 Å². The normalized spacial score (nSPS) is 26.1. The highest BCUT2D eigenvalue weighted by atomic mass is 16.4. The van der Waals surface area contributed by atoms with Crippen LogP contribution in [0.25, 0.3) is 0 Å². The lowest BCUT2D eigenvalue weighted by Crippen LogP contribution is -2.34. The van der Waals surface area contributed by atoms with Crippen molar-refractivity contribution in [2.24, 2.45) is 17.8 Å². The number of carbonyl (C=O) groups is 2. The standard InChI is InChI=1S/C15H19NO3/c1-10-7-12(13(8-10)15(18)19)14(17)16-9-11-5-3-2-4-6-11/h2-6,10,12-13H,7-9H2,1H3,(H,16,17)(H,18,19)/t10?,12-,13+/m0/s1. The first-order chi connectivity index (χ1) is 9.08. The van der Waals surface area contributed by atoms with Gasteiger partial charge >= 0.3 is 5.97 Å².